The number of nitrogens with two attached hydrogens (primary N) is 1. The first kappa shape index (κ1) is 23.9. The molecule has 0 amide bonds. The van der Waals surface area contributed by atoms with Gasteiger partial charge in [-0.2, -0.15) is 0 Å². The predicted molar refractivity (Wildman–Crippen MR) is 113 cm³/mol. The third-order valence-electron chi connectivity index (χ3n) is 4.21. The monoisotopic (exact) mass is 440 g/mol. The molecule has 166 valence electrons. The quantitative estimate of drug-likeness (QED) is 0.493. The molecule has 1 unspecified atom stereocenters. The van der Waals surface area contributed by atoms with Gasteiger partial charge in [-0.05, 0) is 57.0 Å². The Labute approximate surface area is 177 Å². The van der Waals surface area contributed by atoms with Crippen LogP contribution in [0.3, 0.4) is 0 Å². The minimum absolute atomic E-state index is 0.0214. The summed E-state index contributed by atoms with van der Waals surface area (Å²) in [4.78, 5) is -0.0214. The normalized spacial score (nSPS) is 12.4. The number of hydrogen-bond donors (Lipinski definition) is 2. The zero-order valence-corrected chi connectivity index (χ0v) is 18.3. The Morgan fingerprint density at radius 2 is 1.67 bits per heavy atom. The molecule has 0 fully saturated rings. The number of rotatable bonds is 12. The molecular weight excluding hydrogens is 411 g/mol. The lowest BCUT2D eigenvalue weighted by atomic mass is 10.1. The number of nitrogens with one attached hydrogen (secondary N) is 1. The summed E-state index contributed by atoms with van der Waals surface area (Å²) in [6.07, 6.45) is 0.582. The first-order valence-corrected chi connectivity index (χ1v) is 11.4. The van der Waals surface area contributed by atoms with E-state index in [0.717, 1.165) is 5.56 Å². The lowest BCUT2D eigenvalue weighted by molar-refractivity contribution is 0.271. The molecule has 0 radical (unpaired) electrons. The van der Waals surface area contributed by atoms with Crippen LogP contribution >= 0.6 is 0 Å². The second-order valence-corrected chi connectivity index (χ2v) is 8.22. The molecule has 0 aliphatic rings. The highest BCUT2D eigenvalue weighted by molar-refractivity contribution is 7.89. The zero-order valence-electron chi connectivity index (χ0n) is 17.5. The van der Waals surface area contributed by atoms with Crippen molar-refractivity contribution in [3.05, 3.63) is 47.8 Å². The highest BCUT2D eigenvalue weighted by atomic mass is 32.2. The average Bonchev–Trinajstić information content (AvgIpc) is 2.68. The van der Waals surface area contributed by atoms with E-state index in [1.807, 2.05) is 19.9 Å². The van der Waals surface area contributed by atoms with Crippen LogP contribution in [0, 0.1) is 5.82 Å². The Bertz CT molecular complexity index is 937. The molecule has 3 N–H and O–H groups in total. The van der Waals surface area contributed by atoms with E-state index in [1.165, 1.54) is 18.2 Å². The summed E-state index contributed by atoms with van der Waals surface area (Å²) in [6, 6.07) is 9.17. The van der Waals surface area contributed by atoms with Crippen LogP contribution in [0.15, 0.2) is 41.3 Å². The number of ether oxygens (including phenoxy) is 3. The maximum absolute atomic E-state index is 13.4. The lowest BCUT2D eigenvalue weighted by Gasteiger charge is -2.17. The van der Waals surface area contributed by atoms with Crippen molar-refractivity contribution < 1.29 is 27.0 Å². The number of hydrogen-bond acceptors (Lipinski definition) is 6. The minimum atomic E-state index is -3.89. The van der Waals surface area contributed by atoms with Gasteiger partial charge in [0, 0.05) is 18.7 Å². The van der Waals surface area contributed by atoms with E-state index in [9.17, 15) is 12.8 Å². The van der Waals surface area contributed by atoms with E-state index >= 15 is 0 Å². The molecule has 9 heteroatoms. The maximum Gasteiger partial charge on any atom is 0.241 e. The Hall–Kier alpha value is -2.36. The molecule has 0 aliphatic heterocycles. The van der Waals surface area contributed by atoms with E-state index < -0.39 is 15.8 Å². The molecule has 2 rings (SSSR count). The van der Waals surface area contributed by atoms with E-state index in [2.05, 4.69) is 5.32 Å². The zero-order chi connectivity index (χ0) is 22.1. The lowest BCUT2D eigenvalue weighted by Crippen LogP contribution is -2.32. The Morgan fingerprint density at radius 1 is 1.00 bits per heavy atom. The standard InChI is InChI=1S/C21H29FN2O5S/c1-4-27-18-9-7-17(22)14-20(18)29-11-10-24-15(3)12-16-6-8-19(28-5-2)21(13-16)30(23,25)26/h6-9,13-15,24H,4-5,10-12H2,1-3H3,(H2,23,25,26). The van der Waals surface area contributed by atoms with Gasteiger partial charge in [-0.1, -0.05) is 6.07 Å². The topological polar surface area (TPSA) is 99.9 Å². The molecule has 2 aromatic carbocycles. The molecule has 0 bridgehead atoms. The van der Waals surface area contributed by atoms with E-state index in [-0.39, 0.29) is 16.7 Å². The molecule has 0 spiro atoms. The van der Waals surface area contributed by atoms with Crippen molar-refractivity contribution in [1.29, 1.82) is 0 Å². The van der Waals surface area contributed by atoms with Crippen LogP contribution in [0.4, 0.5) is 4.39 Å². The summed E-state index contributed by atoms with van der Waals surface area (Å²) in [5.41, 5.74) is 0.812. The van der Waals surface area contributed by atoms with Gasteiger partial charge in [0.2, 0.25) is 10.0 Å². The summed E-state index contributed by atoms with van der Waals surface area (Å²) in [5, 5.41) is 8.60. The predicted octanol–water partition coefficient (Wildman–Crippen LogP) is 2.87. The molecule has 7 nitrogen and oxygen atoms in total. The second kappa shape index (κ2) is 11.1. The van der Waals surface area contributed by atoms with Crippen molar-refractivity contribution in [2.75, 3.05) is 26.4 Å². The minimum Gasteiger partial charge on any atom is -0.492 e. The molecule has 0 saturated carbocycles. The fourth-order valence-corrected chi connectivity index (χ4v) is 3.66. The van der Waals surface area contributed by atoms with Gasteiger partial charge in [-0.25, -0.2) is 17.9 Å². The molecule has 0 saturated heterocycles. The number of halogens is 1. The van der Waals surface area contributed by atoms with Gasteiger partial charge in [-0.15, -0.1) is 0 Å². The summed E-state index contributed by atoms with van der Waals surface area (Å²) in [7, 11) is -3.89. The largest absolute Gasteiger partial charge is 0.492 e. The second-order valence-electron chi connectivity index (χ2n) is 6.69. The third kappa shape index (κ3) is 7.16. The van der Waals surface area contributed by atoms with Gasteiger partial charge >= 0.3 is 0 Å². The van der Waals surface area contributed by atoms with Crippen LogP contribution in [0.5, 0.6) is 17.2 Å². The van der Waals surface area contributed by atoms with Crippen LogP contribution in [0.25, 0.3) is 0 Å². The molecule has 30 heavy (non-hydrogen) atoms. The van der Waals surface area contributed by atoms with E-state index in [0.29, 0.717) is 44.3 Å². The Kier molecular flexibility index (Phi) is 8.88. The highest BCUT2D eigenvalue weighted by Gasteiger charge is 2.17. The molecule has 0 heterocycles. The first-order chi connectivity index (χ1) is 14.2. The van der Waals surface area contributed by atoms with Crippen LogP contribution in [-0.2, 0) is 16.4 Å². The SMILES string of the molecule is CCOc1ccc(F)cc1OCCNC(C)Cc1ccc(OCC)c(S(N)(=O)=O)c1. The van der Waals surface area contributed by atoms with Crippen molar-refractivity contribution >= 4 is 10.0 Å². The van der Waals surface area contributed by atoms with Gasteiger partial charge in [-0.3, -0.25) is 0 Å². The van der Waals surface area contributed by atoms with Gasteiger partial charge in [0.05, 0.1) is 13.2 Å². The van der Waals surface area contributed by atoms with Crippen LogP contribution in [0.1, 0.15) is 26.3 Å². The van der Waals surface area contributed by atoms with Gasteiger partial charge < -0.3 is 19.5 Å². The van der Waals surface area contributed by atoms with Crippen molar-refractivity contribution in [1.82, 2.24) is 5.32 Å². The summed E-state index contributed by atoms with van der Waals surface area (Å²) in [5.74, 6) is 0.710. The smallest absolute Gasteiger partial charge is 0.241 e. The molecule has 1 atom stereocenters. The van der Waals surface area contributed by atoms with Crippen molar-refractivity contribution in [2.24, 2.45) is 5.14 Å². The molecule has 0 aliphatic carbocycles. The van der Waals surface area contributed by atoms with Crippen molar-refractivity contribution in [3.63, 3.8) is 0 Å². The summed E-state index contributed by atoms with van der Waals surface area (Å²) >= 11 is 0. The molecular formula is C21H29FN2O5S. The van der Waals surface area contributed by atoms with Crippen molar-refractivity contribution in [2.45, 2.75) is 38.1 Å². The van der Waals surface area contributed by atoms with Crippen LogP contribution in [-0.4, -0.2) is 40.8 Å². The average molecular weight is 441 g/mol. The fraction of sp³-hybridized carbons (Fsp3) is 0.429. The van der Waals surface area contributed by atoms with Crippen LogP contribution in [0.2, 0.25) is 0 Å². The third-order valence-corrected chi connectivity index (χ3v) is 5.15. The summed E-state index contributed by atoms with van der Waals surface area (Å²) in [6.45, 7) is 7.23. The summed E-state index contributed by atoms with van der Waals surface area (Å²) < 4.78 is 53.5. The van der Waals surface area contributed by atoms with Gasteiger partial charge in [0.1, 0.15) is 23.1 Å². The van der Waals surface area contributed by atoms with E-state index in [1.54, 1.807) is 19.1 Å². The molecule has 2 aromatic rings. The van der Waals surface area contributed by atoms with Gasteiger partial charge in [0.25, 0.3) is 0 Å². The van der Waals surface area contributed by atoms with Crippen molar-refractivity contribution in [3.8, 4) is 17.2 Å². The van der Waals surface area contributed by atoms with Crippen LogP contribution < -0.4 is 24.7 Å². The Balaban J connectivity index is 1.91. The molecule has 0 aromatic heterocycles. The number of primary sulfonamides is 1. The highest BCUT2D eigenvalue weighted by Crippen LogP contribution is 2.28. The fourth-order valence-electron chi connectivity index (χ4n) is 2.94. The maximum atomic E-state index is 13.4. The Morgan fingerprint density at radius 3 is 2.33 bits per heavy atom. The first-order valence-electron chi connectivity index (χ1n) is 9.81. The number of benzene rings is 2. The van der Waals surface area contributed by atoms with Gasteiger partial charge in [0.15, 0.2) is 11.5 Å². The number of sulfonamides is 1. The van der Waals surface area contributed by atoms with E-state index in [4.69, 9.17) is 19.3 Å².